The number of rotatable bonds is 4. The van der Waals surface area contributed by atoms with E-state index in [2.05, 4.69) is 0 Å². The summed E-state index contributed by atoms with van der Waals surface area (Å²) in [5, 5.41) is 0. The molecule has 5 heteroatoms. The zero-order valence-electron chi connectivity index (χ0n) is 13.1. The van der Waals surface area contributed by atoms with Gasteiger partial charge < -0.3 is 18.9 Å². The summed E-state index contributed by atoms with van der Waals surface area (Å²) in [5.74, 6) is 1.73. The Labute approximate surface area is 134 Å². The largest absolute Gasteiger partial charge is 0.493 e. The Balaban J connectivity index is 2.16. The van der Waals surface area contributed by atoms with Crippen LogP contribution in [-0.2, 0) is 11.3 Å². The molecule has 0 atom stereocenters. The Bertz CT molecular complexity index is 770. The third kappa shape index (κ3) is 3.00. The summed E-state index contributed by atoms with van der Waals surface area (Å²) in [4.78, 5) is 11.9. The molecule has 2 aromatic rings. The molecule has 0 N–H and O–H groups in total. The lowest BCUT2D eigenvalue weighted by molar-refractivity contribution is 0.153. The van der Waals surface area contributed by atoms with Crippen LogP contribution >= 0.6 is 0 Å². The van der Waals surface area contributed by atoms with E-state index in [-0.39, 0.29) is 5.43 Å². The third-order valence-electron chi connectivity index (χ3n) is 3.70. The normalized spacial score (nSPS) is 12.8. The molecule has 5 nitrogen and oxygen atoms in total. The summed E-state index contributed by atoms with van der Waals surface area (Å²) in [7, 11) is 3.12. The van der Waals surface area contributed by atoms with E-state index in [0.717, 1.165) is 22.4 Å². The van der Waals surface area contributed by atoms with Crippen molar-refractivity contribution in [3.05, 3.63) is 52.2 Å². The molecule has 0 aliphatic carbocycles. The third-order valence-corrected chi connectivity index (χ3v) is 3.70. The molecule has 0 unspecified atom stereocenters. The topological polar surface area (TPSA) is 54.0 Å². The zero-order chi connectivity index (χ0) is 16.2. The number of benzene rings is 1. The van der Waals surface area contributed by atoms with Crippen molar-refractivity contribution in [1.82, 2.24) is 0 Å². The molecular weight excluding hydrogens is 296 g/mol. The second-order valence-corrected chi connectivity index (χ2v) is 5.10. The summed E-state index contributed by atoms with van der Waals surface area (Å²) in [6.07, 6.45) is 0. The minimum absolute atomic E-state index is 0.162. The van der Waals surface area contributed by atoms with E-state index in [1.807, 2.05) is 18.2 Å². The molecule has 2 aromatic carbocycles. The highest BCUT2D eigenvalue weighted by Gasteiger charge is 2.20. The fourth-order valence-electron chi connectivity index (χ4n) is 2.63. The summed E-state index contributed by atoms with van der Waals surface area (Å²) >= 11 is 0. The van der Waals surface area contributed by atoms with Gasteiger partial charge in [0.15, 0.2) is 17.2 Å². The van der Waals surface area contributed by atoms with E-state index in [4.69, 9.17) is 18.9 Å². The van der Waals surface area contributed by atoms with Crippen molar-refractivity contribution >= 4 is 0 Å². The van der Waals surface area contributed by atoms with Crippen molar-refractivity contribution in [2.75, 3.05) is 27.4 Å². The molecule has 0 aromatic heterocycles. The smallest absolute Gasteiger partial charge is 0.220 e. The summed E-state index contributed by atoms with van der Waals surface area (Å²) in [6, 6.07) is 10.6. The maximum absolute atomic E-state index is 11.9. The van der Waals surface area contributed by atoms with Crippen molar-refractivity contribution in [3.8, 4) is 28.4 Å². The van der Waals surface area contributed by atoms with Crippen LogP contribution in [0.15, 0.2) is 41.2 Å². The molecule has 1 aliphatic heterocycles. The van der Waals surface area contributed by atoms with E-state index >= 15 is 0 Å². The van der Waals surface area contributed by atoms with Crippen LogP contribution in [-0.4, -0.2) is 27.4 Å². The van der Waals surface area contributed by atoms with Crippen molar-refractivity contribution < 1.29 is 18.9 Å². The highest BCUT2D eigenvalue weighted by molar-refractivity contribution is 5.72. The summed E-state index contributed by atoms with van der Waals surface area (Å²) < 4.78 is 21.8. The van der Waals surface area contributed by atoms with Gasteiger partial charge in [0.1, 0.15) is 13.2 Å². The minimum atomic E-state index is -0.162. The molecule has 3 rings (SSSR count). The SMILES string of the molecule is COCc1c(-c2ccc(OC)c(=O)cc2)ccc2c1OCCO2. The van der Waals surface area contributed by atoms with E-state index in [0.29, 0.717) is 31.3 Å². The molecule has 0 fully saturated rings. The highest BCUT2D eigenvalue weighted by Crippen LogP contribution is 2.40. The van der Waals surface area contributed by atoms with Crippen LogP contribution < -0.4 is 19.6 Å². The van der Waals surface area contributed by atoms with Crippen molar-refractivity contribution in [3.63, 3.8) is 0 Å². The molecule has 0 spiro atoms. The molecule has 0 bridgehead atoms. The first-order valence-corrected chi connectivity index (χ1v) is 7.33. The molecule has 120 valence electrons. The van der Waals surface area contributed by atoms with Crippen LogP contribution in [0.4, 0.5) is 0 Å². The van der Waals surface area contributed by atoms with Gasteiger partial charge in [0, 0.05) is 12.7 Å². The van der Waals surface area contributed by atoms with Gasteiger partial charge in [0.25, 0.3) is 0 Å². The predicted molar refractivity (Wildman–Crippen MR) is 86.4 cm³/mol. The monoisotopic (exact) mass is 314 g/mol. The highest BCUT2D eigenvalue weighted by atomic mass is 16.6. The van der Waals surface area contributed by atoms with Gasteiger partial charge in [0.2, 0.25) is 5.43 Å². The average molecular weight is 314 g/mol. The Morgan fingerprint density at radius 3 is 2.57 bits per heavy atom. The average Bonchev–Trinajstić information content (AvgIpc) is 2.77. The standard InChI is InChI=1S/C18H18O5/c1-20-11-14-13(5-8-17-18(14)23-10-9-22-17)12-3-6-15(19)16(21-2)7-4-12/h3-8H,9-11H2,1-2H3. The summed E-state index contributed by atoms with van der Waals surface area (Å²) in [5.41, 5.74) is 2.56. The van der Waals surface area contributed by atoms with Gasteiger partial charge in [-0.2, -0.15) is 0 Å². The van der Waals surface area contributed by atoms with Crippen LogP contribution in [0.25, 0.3) is 11.1 Å². The van der Waals surface area contributed by atoms with Crippen LogP contribution in [0.1, 0.15) is 5.56 Å². The van der Waals surface area contributed by atoms with Crippen molar-refractivity contribution in [2.45, 2.75) is 6.61 Å². The Kier molecular flexibility index (Phi) is 4.48. The van der Waals surface area contributed by atoms with Crippen LogP contribution in [0.2, 0.25) is 0 Å². The second kappa shape index (κ2) is 6.71. The molecule has 23 heavy (non-hydrogen) atoms. The van der Waals surface area contributed by atoms with Gasteiger partial charge in [-0.3, -0.25) is 4.79 Å². The minimum Gasteiger partial charge on any atom is -0.493 e. The Morgan fingerprint density at radius 2 is 1.78 bits per heavy atom. The Morgan fingerprint density at radius 1 is 1.00 bits per heavy atom. The number of hydrogen-bond acceptors (Lipinski definition) is 5. The van der Waals surface area contributed by atoms with Gasteiger partial charge in [-0.05, 0) is 29.3 Å². The van der Waals surface area contributed by atoms with Crippen LogP contribution in [0, 0.1) is 0 Å². The fourth-order valence-corrected chi connectivity index (χ4v) is 2.63. The molecule has 0 saturated heterocycles. The first kappa shape index (κ1) is 15.4. The van der Waals surface area contributed by atoms with Crippen LogP contribution in [0.5, 0.6) is 17.2 Å². The van der Waals surface area contributed by atoms with Gasteiger partial charge >= 0.3 is 0 Å². The van der Waals surface area contributed by atoms with Crippen molar-refractivity contribution in [1.29, 1.82) is 0 Å². The maximum Gasteiger partial charge on any atom is 0.220 e. The number of ether oxygens (including phenoxy) is 4. The lowest BCUT2D eigenvalue weighted by atomic mass is 9.99. The molecule has 0 amide bonds. The molecular formula is C18H18O5. The number of methoxy groups -OCH3 is 2. The fraction of sp³-hybridized carbons (Fsp3) is 0.278. The van der Waals surface area contributed by atoms with E-state index in [1.54, 1.807) is 19.2 Å². The first-order chi connectivity index (χ1) is 11.2. The second-order valence-electron chi connectivity index (χ2n) is 5.10. The van der Waals surface area contributed by atoms with Crippen LogP contribution in [0.3, 0.4) is 0 Å². The van der Waals surface area contributed by atoms with Gasteiger partial charge in [-0.15, -0.1) is 0 Å². The summed E-state index contributed by atoms with van der Waals surface area (Å²) in [6.45, 7) is 1.44. The first-order valence-electron chi connectivity index (χ1n) is 7.33. The Hall–Kier alpha value is -2.53. The maximum atomic E-state index is 11.9. The van der Waals surface area contributed by atoms with E-state index < -0.39 is 0 Å². The van der Waals surface area contributed by atoms with E-state index in [9.17, 15) is 4.79 Å². The van der Waals surface area contributed by atoms with Gasteiger partial charge in [-0.25, -0.2) is 0 Å². The number of fused-ring (bicyclic) bond motifs is 1. The molecule has 1 heterocycles. The molecule has 1 aliphatic rings. The van der Waals surface area contributed by atoms with E-state index in [1.165, 1.54) is 13.2 Å². The molecule has 0 saturated carbocycles. The van der Waals surface area contributed by atoms with Gasteiger partial charge in [0.05, 0.1) is 13.7 Å². The lowest BCUT2D eigenvalue weighted by Gasteiger charge is -2.23. The number of hydrogen-bond donors (Lipinski definition) is 0. The van der Waals surface area contributed by atoms with Gasteiger partial charge in [-0.1, -0.05) is 18.2 Å². The van der Waals surface area contributed by atoms with Crippen molar-refractivity contribution in [2.24, 2.45) is 0 Å². The molecule has 0 radical (unpaired) electrons. The predicted octanol–water partition coefficient (Wildman–Crippen LogP) is 2.64. The zero-order valence-corrected chi connectivity index (χ0v) is 13.1. The lowest BCUT2D eigenvalue weighted by Crippen LogP contribution is -2.17. The quantitative estimate of drug-likeness (QED) is 0.868.